The van der Waals surface area contributed by atoms with Crippen molar-refractivity contribution in [2.45, 2.75) is 9.79 Å². The van der Waals surface area contributed by atoms with Crippen molar-refractivity contribution in [3.63, 3.8) is 0 Å². The Bertz CT molecular complexity index is 417. The molecule has 0 aliphatic heterocycles. The molecule has 0 fully saturated rings. The molecule has 1 heterocycles. The van der Waals surface area contributed by atoms with E-state index in [1.807, 2.05) is 30.3 Å². The zero-order valence-electron chi connectivity index (χ0n) is 7.42. The van der Waals surface area contributed by atoms with E-state index in [0.717, 1.165) is 9.79 Å². The highest BCUT2D eigenvalue weighted by atomic mass is 32.2. The summed E-state index contributed by atoms with van der Waals surface area (Å²) in [5.74, 6) is 0.307. The minimum Gasteiger partial charge on any atom is -0.507 e. The first-order valence-corrected chi connectivity index (χ1v) is 5.04. The number of pyridine rings is 1. The topological polar surface area (TPSA) is 33.1 Å². The van der Waals surface area contributed by atoms with Crippen molar-refractivity contribution in [1.82, 2.24) is 4.98 Å². The molecule has 0 aliphatic carbocycles. The maximum atomic E-state index is 9.53. The van der Waals surface area contributed by atoms with E-state index in [-0.39, 0.29) is 0 Å². The van der Waals surface area contributed by atoms with E-state index in [1.54, 1.807) is 18.5 Å². The Hall–Kier alpha value is -1.48. The highest BCUT2D eigenvalue weighted by molar-refractivity contribution is 7.99. The molecule has 0 bridgehead atoms. The zero-order chi connectivity index (χ0) is 9.80. The van der Waals surface area contributed by atoms with E-state index in [0.29, 0.717) is 5.75 Å². The van der Waals surface area contributed by atoms with Crippen LogP contribution in [0.15, 0.2) is 58.6 Å². The molecule has 0 aliphatic rings. The van der Waals surface area contributed by atoms with Crippen LogP contribution >= 0.6 is 11.8 Å². The Kier molecular flexibility index (Phi) is 2.70. The Balaban J connectivity index is 2.24. The van der Waals surface area contributed by atoms with Crippen molar-refractivity contribution in [2.75, 3.05) is 0 Å². The summed E-state index contributed by atoms with van der Waals surface area (Å²) in [6, 6.07) is 11.1. The fourth-order valence-corrected chi connectivity index (χ4v) is 1.91. The molecule has 0 radical (unpaired) electrons. The van der Waals surface area contributed by atoms with Crippen molar-refractivity contribution in [3.05, 3.63) is 48.8 Å². The molecule has 0 unspecified atom stereocenters. The number of hydrogen-bond donors (Lipinski definition) is 1. The number of benzene rings is 1. The van der Waals surface area contributed by atoms with Crippen LogP contribution in [-0.4, -0.2) is 10.1 Å². The second kappa shape index (κ2) is 4.15. The van der Waals surface area contributed by atoms with Gasteiger partial charge < -0.3 is 5.11 Å². The van der Waals surface area contributed by atoms with Crippen LogP contribution in [0.2, 0.25) is 0 Å². The van der Waals surface area contributed by atoms with Gasteiger partial charge in [0.15, 0.2) is 0 Å². The van der Waals surface area contributed by atoms with Gasteiger partial charge in [0.1, 0.15) is 5.75 Å². The van der Waals surface area contributed by atoms with Crippen LogP contribution in [0.4, 0.5) is 0 Å². The molecule has 0 saturated heterocycles. The summed E-state index contributed by atoms with van der Waals surface area (Å²) in [4.78, 5) is 5.88. The predicted octanol–water partition coefficient (Wildman–Crippen LogP) is 2.94. The van der Waals surface area contributed by atoms with Crippen molar-refractivity contribution in [1.29, 1.82) is 0 Å². The smallest absolute Gasteiger partial charge is 0.129 e. The molecule has 1 N–H and O–H groups in total. The normalized spacial score (nSPS) is 10.0. The maximum Gasteiger partial charge on any atom is 0.129 e. The lowest BCUT2D eigenvalue weighted by Crippen LogP contribution is -1.75. The molecule has 2 rings (SSSR count). The SMILES string of the molecule is Oc1ccccc1Sc1cccnc1. The van der Waals surface area contributed by atoms with E-state index >= 15 is 0 Å². The molecular formula is C11H9NOS. The van der Waals surface area contributed by atoms with Crippen molar-refractivity contribution >= 4 is 11.8 Å². The fraction of sp³-hybridized carbons (Fsp3) is 0. The summed E-state index contributed by atoms with van der Waals surface area (Å²) in [5.41, 5.74) is 0. The Morgan fingerprint density at radius 1 is 1.07 bits per heavy atom. The van der Waals surface area contributed by atoms with Crippen LogP contribution < -0.4 is 0 Å². The number of aromatic hydroxyl groups is 1. The molecule has 1 aromatic carbocycles. The van der Waals surface area contributed by atoms with Crippen LogP contribution in [0, 0.1) is 0 Å². The summed E-state index contributed by atoms with van der Waals surface area (Å²) in [6.45, 7) is 0. The molecule has 0 saturated carbocycles. The molecule has 0 spiro atoms. The monoisotopic (exact) mass is 203 g/mol. The van der Waals surface area contributed by atoms with E-state index in [4.69, 9.17) is 0 Å². The standard InChI is InChI=1S/C11H9NOS/c13-10-5-1-2-6-11(10)14-9-4-3-7-12-8-9/h1-8,13H. The van der Waals surface area contributed by atoms with Gasteiger partial charge in [-0.25, -0.2) is 0 Å². The highest BCUT2D eigenvalue weighted by Gasteiger charge is 2.01. The zero-order valence-corrected chi connectivity index (χ0v) is 8.24. The third kappa shape index (κ3) is 2.06. The first-order valence-electron chi connectivity index (χ1n) is 4.22. The van der Waals surface area contributed by atoms with Gasteiger partial charge in [-0.15, -0.1) is 0 Å². The van der Waals surface area contributed by atoms with E-state index < -0.39 is 0 Å². The van der Waals surface area contributed by atoms with Gasteiger partial charge in [-0.2, -0.15) is 0 Å². The van der Waals surface area contributed by atoms with Gasteiger partial charge in [0.2, 0.25) is 0 Å². The predicted molar refractivity (Wildman–Crippen MR) is 56.5 cm³/mol. The number of para-hydroxylation sites is 1. The van der Waals surface area contributed by atoms with Gasteiger partial charge in [0.25, 0.3) is 0 Å². The number of aromatic nitrogens is 1. The third-order valence-corrected chi connectivity index (χ3v) is 2.77. The number of nitrogens with zero attached hydrogens (tertiary/aromatic N) is 1. The van der Waals surface area contributed by atoms with E-state index in [9.17, 15) is 5.11 Å². The molecule has 0 amide bonds. The Morgan fingerprint density at radius 2 is 1.93 bits per heavy atom. The number of phenols is 1. The molecule has 2 nitrogen and oxygen atoms in total. The summed E-state index contributed by atoms with van der Waals surface area (Å²) in [7, 11) is 0. The molecule has 70 valence electrons. The van der Waals surface area contributed by atoms with Crippen LogP contribution in [0.3, 0.4) is 0 Å². The lowest BCUT2D eigenvalue weighted by atomic mass is 10.3. The summed E-state index contributed by atoms with van der Waals surface area (Å²) in [6.07, 6.45) is 3.51. The number of phenolic OH excluding ortho intramolecular Hbond substituents is 1. The second-order valence-electron chi connectivity index (χ2n) is 2.76. The molecule has 1 aromatic heterocycles. The van der Waals surface area contributed by atoms with Gasteiger partial charge in [-0.05, 0) is 24.3 Å². The van der Waals surface area contributed by atoms with Gasteiger partial charge in [-0.3, -0.25) is 4.98 Å². The molecular weight excluding hydrogens is 194 g/mol. The fourth-order valence-electron chi connectivity index (χ4n) is 1.08. The average Bonchev–Trinajstić information content (AvgIpc) is 2.23. The number of rotatable bonds is 2. The lowest BCUT2D eigenvalue weighted by Gasteiger charge is -2.02. The minimum atomic E-state index is 0.307. The first-order chi connectivity index (χ1) is 6.86. The minimum absolute atomic E-state index is 0.307. The van der Waals surface area contributed by atoms with Crippen LogP contribution in [0.25, 0.3) is 0 Å². The lowest BCUT2D eigenvalue weighted by molar-refractivity contribution is 0.462. The molecule has 3 heteroatoms. The first kappa shape index (κ1) is 9.09. The van der Waals surface area contributed by atoms with Crippen molar-refractivity contribution in [3.8, 4) is 5.75 Å². The molecule has 0 atom stereocenters. The quantitative estimate of drug-likeness (QED) is 0.814. The van der Waals surface area contributed by atoms with Gasteiger partial charge in [0.05, 0.1) is 4.90 Å². The molecule has 2 aromatic rings. The van der Waals surface area contributed by atoms with Gasteiger partial charge in [0, 0.05) is 17.3 Å². The number of hydrogen-bond acceptors (Lipinski definition) is 3. The van der Waals surface area contributed by atoms with Crippen LogP contribution in [-0.2, 0) is 0 Å². The van der Waals surface area contributed by atoms with Gasteiger partial charge in [-0.1, -0.05) is 23.9 Å². The summed E-state index contributed by atoms with van der Waals surface area (Å²) < 4.78 is 0. The van der Waals surface area contributed by atoms with Crippen LogP contribution in [0.1, 0.15) is 0 Å². The Labute approximate surface area is 86.6 Å². The largest absolute Gasteiger partial charge is 0.507 e. The molecule has 14 heavy (non-hydrogen) atoms. The maximum absolute atomic E-state index is 9.53. The summed E-state index contributed by atoms with van der Waals surface area (Å²) in [5, 5.41) is 9.53. The van der Waals surface area contributed by atoms with Crippen LogP contribution in [0.5, 0.6) is 5.75 Å². The highest BCUT2D eigenvalue weighted by Crippen LogP contribution is 2.33. The van der Waals surface area contributed by atoms with E-state index in [1.165, 1.54) is 11.8 Å². The Morgan fingerprint density at radius 3 is 2.64 bits per heavy atom. The van der Waals surface area contributed by atoms with Crippen molar-refractivity contribution < 1.29 is 5.11 Å². The second-order valence-corrected chi connectivity index (χ2v) is 3.87. The van der Waals surface area contributed by atoms with Gasteiger partial charge >= 0.3 is 0 Å². The van der Waals surface area contributed by atoms with E-state index in [2.05, 4.69) is 4.98 Å². The summed E-state index contributed by atoms with van der Waals surface area (Å²) >= 11 is 1.50. The average molecular weight is 203 g/mol. The third-order valence-electron chi connectivity index (χ3n) is 1.73. The van der Waals surface area contributed by atoms with Crippen molar-refractivity contribution in [2.24, 2.45) is 0 Å².